The Balaban J connectivity index is 1.38. The lowest BCUT2D eigenvalue weighted by Crippen LogP contribution is -2.64. The molecule has 6 nitrogen and oxygen atoms in total. The van der Waals surface area contributed by atoms with Gasteiger partial charge in [0.1, 0.15) is 12.7 Å². The van der Waals surface area contributed by atoms with E-state index in [1.807, 2.05) is 0 Å². The number of fused-ring (bicyclic) bond motifs is 1. The van der Waals surface area contributed by atoms with Crippen LogP contribution in [0.15, 0.2) is 0 Å². The van der Waals surface area contributed by atoms with E-state index < -0.39 is 35.8 Å². The number of cyclic esters (lactones) is 1. The Labute approximate surface area is 149 Å². The maximum Gasteiger partial charge on any atom is 0.338 e. The number of hydrogen-bond acceptors (Lipinski definition) is 6. The fourth-order valence-electron chi connectivity index (χ4n) is 6.08. The highest BCUT2D eigenvalue weighted by molar-refractivity contribution is 5.79. The zero-order valence-electron chi connectivity index (χ0n) is 14.5. The van der Waals surface area contributed by atoms with Gasteiger partial charge in [0.25, 0.3) is 5.92 Å². The summed E-state index contributed by atoms with van der Waals surface area (Å²) in [5.74, 6) is -4.50. The van der Waals surface area contributed by atoms with E-state index in [0.717, 1.165) is 19.8 Å². The van der Waals surface area contributed by atoms with Gasteiger partial charge in [-0.25, -0.2) is 13.6 Å². The van der Waals surface area contributed by atoms with Crippen LogP contribution in [-0.4, -0.2) is 49.1 Å². The van der Waals surface area contributed by atoms with Crippen molar-refractivity contribution in [2.24, 2.45) is 23.2 Å². The van der Waals surface area contributed by atoms with Crippen molar-refractivity contribution >= 4 is 11.9 Å². The zero-order valence-corrected chi connectivity index (χ0v) is 14.5. The number of ether oxygens (including phenoxy) is 4. The van der Waals surface area contributed by atoms with Gasteiger partial charge in [-0.1, -0.05) is 0 Å². The van der Waals surface area contributed by atoms with Crippen molar-refractivity contribution < 1.29 is 37.3 Å². The Hall–Kier alpha value is -1.28. The third-order valence-corrected chi connectivity index (χ3v) is 6.82. The van der Waals surface area contributed by atoms with Crippen molar-refractivity contribution in [2.75, 3.05) is 13.2 Å². The molecule has 8 heteroatoms. The molecule has 0 aromatic carbocycles. The quantitative estimate of drug-likeness (QED) is 0.706. The Morgan fingerprint density at radius 1 is 1.23 bits per heavy atom. The van der Waals surface area contributed by atoms with Crippen LogP contribution < -0.4 is 0 Å². The van der Waals surface area contributed by atoms with E-state index in [1.165, 1.54) is 0 Å². The van der Waals surface area contributed by atoms with E-state index in [2.05, 4.69) is 0 Å². The molecule has 2 heterocycles. The minimum Gasteiger partial charge on any atom is -0.461 e. The molecule has 144 valence electrons. The molecule has 4 unspecified atom stereocenters. The maximum absolute atomic E-state index is 13.1. The molecule has 26 heavy (non-hydrogen) atoms. The van der Waals surface area contributed by atoms with Crippen LogP contribution in [0.4, 0.5) is 8.78 Å². The monoisotopic (exact) mass is 372 g/mol. The first-order valence-corrected chi connectivity index (χ1v) is 9.28. The predicted octanol–water partition coefficient (Wildman–Crippen LogP) is 2.05. The van der Waals surface area contributed by atoms with Crippen LogP contribution in [-0.2, 0) is 28.5 Å². The normalized spacial score (nSPS) is 48.7. The molecule has 4 bridgehead atoms. The maximum atomic E-state index is 13.1. The van der Waals surface area contributed by atoms with Crippen LogP contribution in [0.3, 0.4) is 0 Å². The van der Waals surface area contributed by atoms with E-state index in [-0.39, 0.29) is 30.5 Å². The Bertz CT molecular complexity index is 643. The number of esters is 2. The summed E-state index contributed by atoms with van der Waals surface area (Å²) in [5, 5.41) is 0. The van der Waals surface area contributed by atoms with Crippen molar-refractivity contribution in [3.05, 3.63) is 0 Å². The largest absolute Gasteiger partial charge is 0.461 e. The lowest BCUT2D eigenvalue weighted by atomic mass is 9.47. The van der Waals surface area contributed by atoms with E-state index in [4.69, 9.17) is 18.9 Å². The van der Waals surface area contributed by atoms with Gasteiger partial charge in [-0.15, -0.1) is 0 Å². The average molecular weight is 372 g/mol. The van der Waals surface area contributed by atoms with Gasteiger partial charge in [0.05, 0.1) is 5.41 Å². The smallest absolute Gasteiger partial charge is 0.338 e. The van der Waals surface area contributed by atoms with Gasteiger partial charge in [-0.05, 0) is 38.0 Å². The van der Waals surface area contributed by atoms with Crippen molar-refractivity contribution in [2.45, 2.75) is 62.9 Å². The molecule has 0 N–H and O–H groups in total. The number of hydrogen-bond donors (Lipinski definition) is 0. The van der Waals surface area contributed by atoms with Gasteiger partial charge in [-0.2, -0.15) is 0 Å². The molecular formula is C18H22F2O6. The summed E-state index contributed by atoms with van der Waals surface area (Å²) in [7, 11) is 0. The van der Waals surface area contributed by atoms with Gasteiger partial charge >= 0.3 is 11.9 Å². The Morgan fingerprint density at radius 2 is 1.92 bits per heavy atom. The van der Waals surface area contributed by atoms with Crippen LogP contribution >= 0.6 is 0 Å². The average Bonchev–Trinajstić information content (AvgIpc) is 3.09. The minimum atomic E-state index is -3.03. The van der Waals surface area contributed by atoms with E-state index in [0.29, 0.717) is 25.2 Å². The van der Waals surface area contributed by atoms with Crippen molar-refractivity contribution in [1.82, 2.24) is 0 Å². The standard InChI is InChI=1S/C18H22F2O6/c1-16(19,20)8-24-15(22)17-4-9-2-10(5-17)18(11(3-9)6-17)25-12-7-23-14(21)13(12)26-18/h9-13H,2-8H2,1H3. The first-order valence-electron chi connectivity index (χ1n) is 9.28. The van der Waals surface area contributed by atoms with E-state index >= 15 is 0 Å². The molecular weight excluding hydrogens is 350 g/mol. The number of carbonyl (C=O) groups is 2. The molecule has 4 aliphatic carbocycles. The molecule has 4 atom stereocenters. The highest BCUT2D eigenvalue weighted by Crippen LogP contribution is 2.67. The molecule has 4 saturated carbocycles. The molecule has 0 aromatic heterocycles. The summed E-state index contributed by atoms with van der Waals surface area (Å²) in [6.45, 7) is 0.0572. The van der Waals surface area contributed by atoms with Crippen LogP contribution in [0.1, 0.15) is 39.0 Å². The number of rotatable bonds is 3. The first-order chi connectivity index (χ1) is 12.2. The van der Waals surface area contributed by atoms with E-state index in [1.54, 1.807) is 0 Å². The lowest BCUT2D eigenvalue weighted by molar-refractivity contribution is -0.314. The third-order valence-electron chi connectivity index (χ3n) is 6.82. The molecule has 0 amide bonds. The lowest BCUT2D eigenvalue weighted by Gasteiger charge is -2.61. The summed E-state index contributed by atoms with van der Waals surface area (Å²) < 4.78 is 48.5. The van der Waals surface area contributed by atoms with Gasteiger partial charge in [0.15, 0.2) is 18.5 Å². The molecule has 6 aliphatic rings. The fourth-order valence-corrected chi connectivity index (χ4v) is 6.08. The summed E-state index contributed by atoms with van der Waals surface area (Å²) in [4.78, 5) is 24.5. The van der Waals surface area contributed by atoms with Crippen LogP contribution in [0.5, 0.6) is 0 Å². The summed E-state index contributed by atoms with van der Waals surface area (Å²) in [6.07, 6.45) is 2.34. The van der Waals surface area contributed by atoms with Gasteiger partial charge in [0, 0.05) is 18.8 Å². The molecule has 0 aromatic rings. The Kier molecular flexibility index (Phi) is 3.35. The second-order valence-corrected chi connectivity index (χ2v) is 8.82. The van der Waals surface area contributed by atoms with Crippen molar-refractivity contribution in [3.63, 3.8) is 0 Å². The molecule has 6 fully saturated rings. The second kappa shape index (κ2) is 5.16. The highest BCUT2D eigenvalue weighted by Gasteiger charge is 2.71. The minimum absolute atomic E-state index is 0.0261. The van der Waals surface area contributed by atoms with Crippen LogP contribution in [0, 0.1) is 23.2 Å². The first kappa shape index (κ1) is 16.9. The topological polar surface area (TPSA) is 71.1 Å². The number of alkyl halides is 2. The predicted molar refractivity (Wildman–Crippen MR) is 81.0 cm³/mol. The number of carbonyl (C=O) groups excluding carboxylic acids is 2. The zero-order chi connectivity index (χ0) is 18.3. The Morgan fingerprint density at radius 3 is 2.54 bits per heavy atom. The summed E-state index contributed by atoms with van der Waals surface area (Å²) in [6, 6.07) is 0. The second-order valence-electron chi connectivity index (χ2n) is 8.82. The van der Waals surface area contributed by atoms with Crippen molar-refractivity contribution in [3.8, 4) is 0 Å². The SMILES string of the molecule is CC(F)(F)COC(=O)C12CC3CC(C1)C1(OC4COC(=O)C4O1)C(C3)C2. The fraction of sp³-hybridized carbons (Fsp3) is 0.889. The van der Waals surface area contributed by atoms with Crippen LogP contribution in [0.25, 0.3) is 0 Å². The highest BCUT2D eigenvalue weighted by atomic mass is 19.3. The van der Waals surface area contributed by atoms with Gasteiger partial charge in [0.2, 0.25) is 0 Å². The third kappa shape index (κ3) is 2.27. The molecule has 0 radical (unpaired) electrons. The van der Waals surface area contributed by atoms with Crippen molar-refractivity contribution in [1.29, 1.82) is 0 Å². The molecule has 1 spiro atoms. The van der Waals surface area contributed by atoms with Crippen LogP contribution in [0.2, 0.25) is 0 Å². The summed E-state index contributed by atoms with van der Waals surface area (Å²) >= 11 is 0. The molecule has 6 rings (SSSR count). The number of halogens is 2. The molecule has 2 aliphatic heterocycles. The van der Waals surface area contributed by atoms with Gasteiger partial charge < -0.3 is 18.9 Å². The van der Waals surface area contributed by atoms with Gasteiger partial charge in [-0.3, -0.25) is 4.79 Å². The van der Waals surface area contributed by atoms with E-state index in [9.17, 15) is 18.4 Å². The summed E-state index contributed by atoms with van der Waals surface area (Å²) in [5.41, 5.74) is -0.724. The molecule has 2 saturated heterocycles.